The molecular weight excluding hydrogens is 254 g/mol. The normalized spacial score (nSPS) is 16.0. The van der Waals surface area contributed by atoms with Gasteiger partial charge in [-0.15, -0.1) is 0 Å². The lowest BCUT2D eigenvalue weighted by Crippen LogP contribution is -2.39. The van der Waals surface area contributed by atoms with Crippen LogP contribution in [-0.2, 0) is 10.8 Å². The average Bonchev–Trinajstić information content (AvgIpc) is 2.42. The monoisotopic (exact) mass is 281 g/mol. The van der Waals surface area contributed by atoms with Gasteiger partial charge in [0.1, 0.15) is 0 Å². The predicted octanol–water partition coefficient (Wildman–Crippen LogP) is 3.52. The Morgan fingerprint density at radius 1 is 1.26 bits per heavy atom. The minimum Gasteiger partial charge on any atom is -0.313 e. The lowest BCUT2D eigenvalue weighted by atomic mass is 10.0. The van der Waals surface area contributed by atoms with Crippen LogP contribution in [0.25, 0.3) is 0 Å². The van der Waals surface area contributed by atoms with Crippen molar-refractivity contribution >= 4 is 10.8 Å². The molecule has 0 aliphatic carbocycles. The van der Waals surface area contributed by atoms with Crippen molar-refractivity contribution in [3.63, 3.8) is 0 Å². The highest BCUT2D eigenvalue weighted by Gasteiger charge is 2.19. The van der Waals surface area contributed by atoms with Crippen LogP contribution in [-0.4, -0.2) is 22.5 Å². The summed E-state index contributed by atoms with van der Waals surface area (Å²) >= 11 is 0. The first-order chi connectivity index (χ1) is 9.10. The molecule has 1 aromatic carbocycles. The molecule has 0 heterocycles. The van der Waals surface area contributed by atoms with Crippen molar-refractivity contribution in [2.45, 2.75) is 51.5 Å². The van der Waals surface area contributed by atoms with E-state index in [0.717, 1.165) is 29.8 Å². The van der Waals surface area contributed by atoms with Crippen LogP contribution in [0.1, 0.15) is 39.2 Å². The summed E-state index contributed by atoms with van der Waals surface area (Å²) in [7, 11) is -0.913. The maximum atomic E-state index is 12.5. The summed E-state index contributed by atoms with van der Waals surface area (Å²) in [6.07, 6.45) is 2.23. The molecule has 1 N–H and O–H groups in total. The molecule has 0 amide bonds. The summed E-state index contributed by atoms with van der Waals surface area (Å²) in [6, 6.07) is 8.32. The zero-order valence-corrected chi connectivity index (χ0v) is 13.4. The van der Waals surface area contributed by atoms with Crippen molar-refractivity contribution in [2.24, 2.45) is 5.92 Å². The van der Waals surface area contributed by atoms with E-state index in [0.29, 0.717) is 17.7 Å². The Hall–Kier alpha value is -0.670. The molecule has 1 rings (SSSR count). The molecule has 0 bridgehead atoms. The molecule has 0 aromatic heterocycles. The summed E-state index contributed by atoms with van der Waals surface area (Å²) < 4.78 is 12.5. The zero-order chi connectivity index (χ0) is 14.3. The van der Waals surface area contributed by atoms with Crippen molar-refractivity contribution in [3.05, 3.63) is 29.8 Å². The molecule has 19 heavy (non-hydrogen) atoms. The van der Waals surface area contributed by atoms with E-state index in [4.69, 9.17) is 0 Å². The summed E-state index contributed by atoms with van der Waals surface area (Å²) in [5, 5.41) is 3.55. The van der Waals surface area contributed by atoms with Crippen LogP contribution < -0.4 is 5.32 Å². The van der Waals surface area contributed by atoms with Crippen molar-refractivity contribution in [1.29, 1.82) is 0 Å². The van der Waals surface area contributed by atoms with Crippen molar-refractivity contribution in [1.82, 2.24) is 5.32 Å². The number of hydrogen-bond donors (Lipinski definition) is 1. The van der Waals surface area contributed by atoms with Crippen LogP contribution in [0.15, 0.2) is 29.2 Å². The molecule has 3 unspecified atom stereocenters. The first kappa shape index (κ1) is 16.4. The molecule has 108 valence electrons. The second-order valence-electron chi connectivity index (χ2n) is 5.22. The van der Waals surface area contributed by atoms with E-state index < -0.39 is 10.8 Å². The quantitative estimate of drug-likeness (QED) is 0.790. The highest BCUT2D eigenvalue weighted by atomic mass is 32.2. The molecule has 0 fully saturated rings. The van der Waals surface area contributed by atoms with E-state index in [9.17, 15) is 4.21 Å². The number of hydrogen-bond acceptors (Lipinski definition) is 2. The van der Waals surface area contributed by atoms with E-state index >= 15 is 0 Å². The first-order valence-electron chi connectivity index (χ1n) is 7.27. The molecule has 0 spiro atoms. The lowest BCUT2D eigenvalue weighted by molar-refractivity contribution is 0.394. The minimum absolute atomic E-state index is 0.338. The zero-order valence-electron chi connectivity index (χ0n) is 12.6. The lowest BCUT2D eigenvalue weighted by Gasteiger charge is -2.24. The molecule has 0 radical (unpaired) electrons. The van der Waals surface area contributed by atoms with Crippen LogP contribution in [0.2, 0.25) is 0 Å². The third-order valence-electron chi connectivity index (χ3n) is 3.66. The van der Waals surface area contributed by atoms with Gasteiger partial charge in [-0.1, -0.05) is 45.4 Å². The summed E-state index contributed by atoms with van der Waals surface area (Å²) in [6.45, 7) is 9.63. The van der Waals surface area contributed by atoms with E-state index in [1.54, 1.807) is 0 Å². The van der Waals surface area contributed by atoms with Gasteiger partial charge in [-0.3, -0.25) is 4.21 Å². The molecule has 0 aliphatic heterocycles. The Morgan fingerprint density at radius 2 is 1.95 bits per heavy atom. The average molecular weight is 281 g/mol. The van der Waals surface area contributed by atoms with Crippen molar-refractivity contribution in [2.75, 3.05) is 12.3 Å². The van der Waals surface area contributed by atoms with Crippen molar-refractivity contribution < 1.29 is 4.21 Å². The van der Waals surface area contributed by atoms with E-state index in [1.807, 2.05) is 31.2 Å². The maximum Gasteiger partial charge on any atom is 0.0548 e. The van der Waals surface area contributed by atoms with Gasteiger partial charge in [-0.05, 0) is 37.4 Å². The Labute approximate surface area is 120 Å². The largest absolute Gasteiger partial charge is 0.313 e. The molecule has 0 saturated heterocycles. The summed E-state index contributed by atoms with van der Waals surface area (Å²) in [5.74, 6) is 1.26. The smallest absolute Gasteiger partial charge is 0.0548 e. The first-order valence-corrected chi connectivity index (χ1v) is 8.59. The third kappa shape index (κ3) is 5.07. The van der Waals surface area contributed by atoms with Gasteiger partial charge in [0.05, 0.1) is 10.8 Å². The number of nitrogens with one attached hydrogen (secondary N) is 1. The summed E-state index contributed by atoms with van der Waals surface area (Å²) in [5.41, 5.74) is 1.12. The fourth-order valence-corrected chi connectivity index (χ4v) is 3.71. The van der Waals surface area contributed by atoms with Gasteiger partial charge < -0.3 is 5.32 Å². The van der Waals surface area contributed by atoms with Crippen LogP contribution in [0.5, 0.6) is 0 Å². The van der Waals surface area contributed by atoms with Crippen molar-refractivity contribution in [3.8, 4) is 0 Å². The van der Waals surface area contributed by atoms with E-state index in [2.05, 4.69) is 26.1 Å². The number of benzene rings is 1. The van der Waals surface area contributed by atoms with Gasteiger partial charge >= 0.3 is 0 Å². The third-order valence-corrected chi connectivity index (χ3v) is 5.27. The van der Waals surface area contributed by atoms with E-state index in [1.165, 1.54) is 0 Å². The molecule has 3 atom stereocenters. The summed E-state index contributed by atoms with van der Waals surface area (Å²) in [4.78, 5) is 0.981. The van der Waals surface area contributed by atoms with Crippen LogP contribution in [0, 0.1) is 12.8 Å². The SMILES string of the molecule is CCCNC(CS(=O)c1ccccc1C)C(C)CC. The predicted molar refractivity (Wildman–Crippen MR) is 84.0 cm³/mol. The van der Waals surface area contributed by atoms with Gasteiger partial charge in [0, 0.05) is 16.7 Å². The van der Waals surface area contributed by atoms with E-state index in [-0.39, 0.29) is 0 Å². The van der Waals surface area contributed by atoms with Gasteiger partial charge in [0.2, 0.25) is 0 Å². The standard InChI is InChI=1S/C16H27NOS/c1-5-11-17-15(13(3)6-2)12-19(18)16-10-8-7-9-14(16)4/h7-10,13,15,17H,5-6,11-12H2,1-4H3. The Kier molecular flexibility index (Phi) is 7.32. The fourth-order valence-electron chi connectivity index (χ4n) is 2.10. The highest BCUT2D eigenvalue weighted by molar-refractivity contribution is 7.85. The van der Waals surface area contributed by atoms with Crippen LogP contribution in [0.4, 0.5) is 0 Å². The molecule has 2 nitrogen and oxygen atoms in total. The topological polar surface area (TPSA) is 29.1 Å². The van der Waals surface area contributed by atoms with Crippen LogP contribution in [0.3, 0.4) is 0 Å². The molecule has 1 aromatic rings. The molecule has 3 heteroatoms. The second-order valence-corrected chi connectivity index (χ2v) is 6.69. The number of aryl methyl sites for hydroxylation is 1. The van der Waals surface area contributed by atoms with Gasteiger partial charge in [-0.2, -0.15) is 0 Å². The fraction of sp³-hybridized carbons (Fsp3) is 0.625. The Balaban J connectivity index is 2.73. The second kappa shape index (κ2) is 8.49. The van der Waals surface area contributed by atoms with Crippen LogP contribution >= 0.6 is 0 Å². The molecule has 0 saturated carbocycles. The van der Waals surface area contributed by atoms with Gasteiger partial charge in [-0.25, -0.2) is 0 Å². The number of rotatable bonds is 8. The molecule has 0 aliphatic rings. The maximum absolute atomic E-state index is 12.5. The minimum atomic E-state index is -0.913. The Morgan fingerprint density at radius 3 is 2.53 bits per heavy atom. The Bertz CT molecular complexity index is 405. The van der Waals surface area contributed by atoms with Gasteiger partial charge in [0.25, 0.3) is 0 Å². The van der Waals surface area contributed by atoms with Gasteiger partial charge in [0.15, 0.2) is 0 Å². The highest BCUT2D eigenvalue weighted by Crippen LogP contribution is 2.16. The molecular formula is C16H27NOS.